The summed E-state index contributed by atoms with van der Waals surface area (Å²) in [5.41, 5.74) is 1.80. The van der Waals surface area contributed by atoms with E-state index in [9.17, 15) is 13.2 Å². The number of halogens is 3. The van der Waals surface area contributed by atoms with Crippen LogP contribution in [-0.2, 0) is 0 Å². The fraction of sp³-hybridized carbons (Fsp3) is 0.125. The van der Waals surface area contributed by atoms with Crippen LogP contribution in [-0.4, -0.2) is 15.5 Å². The van der Waals surface area contributed by atoms with Crippen molar-refractivity contribution in [3.8, 4) is 0 Å². The molecule has 1 heterocycles. The molecule has 0 spiro atoms. The van der Waals surface area contributed by atoms with Crippen molar-refractivity contribution in [2.45, 2.75) is 10.4 Å². The van der Waals surface area contributed by atoms with Gasteiger partial charge in [0.15, 0.2) is 5.95 Å². The number of benzene rings is 1. The van der Waals surface area contributed by atoms with E-state index in [4.69, 9.17) is 5.73 Å². The van der Waals surface area contributed by atoms with Crippen molar-refractivity contribution in [1.29, 1.82) is 0 Å². The Morgan fingerprint density at radius 3 is 2.73 bits per heavy atom. The molecule has 0 radical (unpaired) electrons. The number of anilines is 1. The van der Waals surface area contributed by atoms with Gasteiger partial charge in [0.1, 0.15) is 5.52 Å². The van der Waals surface area contributed by atoms with E-state index in [1.165, 1.54) is 12.1 Å². The second-order valence-corrected chi connectivity index (χ2v) is 3.93. The topological polar surface area (TPSA) is 54.7 Å². The standard InChI is InChI=1S/C8H6F3N3S/c9-8(10,11)15-5-3-1-2-4-6(5)14-7(12)13-4/h1-3H,(H3,12,13,14). The lowest BCUT2D eigenvalue weighted by molar-refractivity contribution is -0.0327. The Morgan fingerprint density at radius 2 is 2.07 bits per heavy atom. The third-order valence-corrected chi connectivity index (χ3v) is 2.50. The highest BCUT2D eigenvalue weighted by molar-refractivity contribution is 8.00. The lowest BCUT2D eigenvalue weighted by Crippen LogP contribution is -1.99. The average Bonchev–Trinajstić information content (AvgIpc) is 2.43. The van der Waals surface area contributed by atoms with Crippen molar-refractivity contribution in [1.82, 2.24) is 9.97 Å². The molecule has 0 bridgehead atoms. The molecule has 15 heavy (non-hydrogen) atoms. The van der Waals surface area contributed by atoms with Gasteiger partial charge in [-0.1, -0.05) is 6.07 Å². The molecule has 1 aromatic carbocycles. The number of nitrogens with two attached hydrogens (primary N) is 1. The highest BCUT2D eigenvalue weighted by atomic mass is 32.2. The summed E-state index contributed by atoms with van der Waals surface area (Å²) < 4.78 is 36.5. The molecule has 80 valence electrons. The molecule has 0 fully saturated rings. The van der Waals surface area contributed by atoms with Crippen molar-refractivity contribution in [2.75, 3.05) is 5.73 Å². The molecule has 2 aromatic rings. The minimum Gasteiger partial charge on any atom is -0.369 e. The summed E-state index contributed by atoms with van der Waals surface area (Å²) in [6, 6.07) is 4.51. The molecule has 0 unspecified atom stereocenters. The van der Waals surface area contributed by atoms with Crippen LogP contribution < -0.4 is 5.73 Å². The zero-order chi connectivity index (χ0) is 11.1. The van der Waals surface area contributed by atoms with Crippen LogP contribution in [0.4, 0.5) is 19.1 Å². The first kappa shape index (κ1) is 10.2. The molecule has 0 amide bonds. The van der Waals surface area contributed by atoms with Gasteiger partial charge in [-0.3, -0.25) is 0 Å². The van der Waals surface area contributed by atoms with Crippen molar-refractivity contribution in [2.24, 2.45) is 0 Å². The second-order valence-electron chi connectivity index (χ2n) is 2.82. The predicted molar refractivity (Wildman–Crippen MR) is 52.4 cm³/mol. The number of alkyl halides is 3. The average molecular weight is 233 g/mol. The molecular weight excluding hydrogens is 227 g/mol. The monoisotopic (exact) mass is 233 g/mol. The first-order valence-electron chi connectivity index (χ1n) is 3.96. The highest BCUT2D eigenvalue weighted by Gasteiger charge is 2.30. The molecule has 3 nitrogen and oxygen atoms in total. The maximum absolute atomic E-state index is 12.2. The molecule has 0 aliphatic carbocycles. The molecule has 2 rings (SSSR count). The van der Waals surface area contributed by atoms with Crippen molar-refractivity contribution >= 4 is 28.7 Å². The number of fused-ring (bicyclic) bond motifs is 1. The summed E-state index contributed by atoms with van der Waals surface area (Å²) in [5.74, 6) is 0.111. The number of thioether (sulfide) groups is 1. The number of para-hydroxylation sites is 1. The summed E-state index contributed by atoms with van der Waals surface area (Å²) in [5, 5.41) is 0. The van der Waals surface area contributed by atoms with Gasteiger partial charge in [0.2, 0.25) is 0 Å². The van der Waals surface area contributed by atoms with Gasteiger partial charge in [0, 0.05) is 4.90 Å². The highest BCUT2D eigenvalue weighted by Crippen LogP contribution is 2.39. The first-order chi connectivity index (χ1) is 6.96. The SMILES string of the molecule is Nc1nc2c(SC(F)(F)F)cccc2[nH]1. The Kier molecular flexibility index (Phi) is 2.26. The van der Waals surface area contributed by atoms with E-state index < -0.39 is 5.51 Å². The van der Waals surface area contributed by atoms with Crippen LogP contribution in [0.1, 0.15) is 0 Å². The number of aromatic amines is 1. The fourth-order valence-electron chi connectivity index (χ4n) is 1.23. The smallest absolute Gasteiger partial charge is 0.369 e. The molecule has 3 N–H and O–H groups in total. The molecular formula is C8H6F3N3S. The lowest BCUT2D eigenvalue weighted by Gasteiger charge is -2.05. The van der Waals surface area contributed by atoms with Crippen molar-refractivity contribution < 1.29 is 13.2 Å². The molecule has 1 aromatic heterocycles. The van der Waals surface area contributed by atoms with Gasteiger partial charge >= 0.3 is 5.51 Å². The van der Waals surface area contributed by atoms with E-state index in [0.717, 1.165) is 0 Å². The van der Waals surface area contributed by atoms with Gasteiger partial charge in [-0.15, -0.1) is 0 Å². The Morgan fingerprint density at radius 1 is 1.33 bits per heavy atom. The van der Waals surface area contributed by atoms with Gasteiger partial charge in [0.25, 0.3) is 0 Å². The number of rotatable bonds is 1. The van der Waals surface area contributed by atoms with E-state index in [-0.39, 0.29) is 28.1 Å². The maximum atomic E-state index is 12.2. The summed E-state index contributed by atoms with van der Waals surface area (Å²) in [6.45, 7) is 0. The predicted octanol–water partition coefficient (Wildman–Crippen LogP) is 2.76. The van der Waals surface area contributed by atoms with E-state index in [0.29, 0.717) is 5.52 Å². The third kappa shape index (κ3) is 2.17. The zero-order valence-electron chi connectivity index (χ0n) is 7.30. The minimum atomic E-state index is -4.32. The van der Waals surface area contributed by atoms with E-state index >= 15 is 0 Å². The Bertz CT molecular complexity index is 491. The molecule has 0 saturated heterocycles. The molecule has 7 heteroatoms. The first-order valence-corrected chi connectivity index (χ1v) is 4.77. The Hall–Kier alpha value is -1.37. The van der Waals surface area contributed by atoms with Crippen LogP contribution >= 0.6 is 11.8 Å². The number of hydrogen-bond donors (Lipinski definition) is 2. The summed E-state index contributed by atoms with van der Waals surface area (Å²) in [4.78, 5) is 6.52. The van der Waals surface area contributed by atoms with E-state index in [2.05, 4.69) is 9.97 Å². The number of aromatic nitrogens is 2. The normalized spacial score (nSPS) is 12.2. The lowest BCUT2D eigenvalue weighted by atomic mass is 10.3. The molecule has 0 atom stereocenters. The fourth-order valence-corrected chi connectivity index (χ4v) is 1.88. The summed E-state index contributed by atoms with van der Waals surface area (Å²) in [6.07, 6.45) is 0. The van der Waals surface area contributed by atoms with Gasteiger partial charge < -0.3 is 10.7 Å². The second kappa shape index (κ2) is 3.34. The van der Waals surface area contributed by atoms with Crippen LogP contribution in [0.5, 0.6) is 0 Å². The summed E-state index contributed by atoms with van der Waals surface area (Å²) in [7, 11) is 0. The van der Waals surface area contributed by atoms with Gasteiger partial charge in [-0.25, -0.2) is 4.98 Å². The maximum Gasteiger partial charge on any atom is 0.446 e. The van der Waals surface area contributed by atoms with Crippen LogP contribution in [0.25, 0.3) is 11.0 Å². The number of nitrogens with one attached hydrogen (secondary N) is 1. The number of hydrogen-bond acceptors (Lipinski definition) is 3. The number of nitrogens with zero attached hydrogens (tertiary/aromatic N) is 1. The van der Waals surface area contributed by atoms with Gasteiger partial charge in [-0.2, -0.15) is 13.2 Å². The van der Waals surface area contributed by atoms with Crippen LogP contribution in [0.3, 0.4) is 0 Å². The van der Waals surface area contributed by atoms with Crippen LogP contribution in [0, 0.1) is 0 Å². The van der Waals surface area contributed by atoms with Crippen molar-refractivity contribution in [3.05, 3.63) is 18.2 Å². The van der Waals surface area contributed by atoms with E-state index in [1.54, 1.807) is 6.07 Å². The molecule has 0 saturated carbocycles. The van der Waals surface area contributed by atoms with Crippen LogP contribution in [0.2, 0.25) is 0 Å². The molecule has 0 aliphatic heterocycles. The Balaban J connectivity index is 2.51. The minimum absolute atomic E-state index is 0.0490. The molecule has 0 aliphatic rings. The largest absolute Gasteiger partial charge is 0.446 e. The number of H-pyrrole nitrogens is 1. The quantitative estimate of drug-likeness (QED) is 0.744. The van der Waals surface area contributed by atoms with E-state index in [1.807, 2.05) is 0 Å². The Labute approximate surface area is 86.9 Å². The van der Waals surface area contributed by atoms with Crippen LogP contribution in [0.15, 0.2) is 23.1 Å². The summed E-state index contributed by atoms with van der Waals surface area (Å²) >= 11 is -0.194. The van der Waals surface area contributed by atoms with Gasteiger partial charge in [-0.05, 0) is 23.9 Å². The van der Waals surface area contributed by atoms with Crippen molar-refractivity contribution in [3.63, 3.8) is 0 Å². The zero-order valence-corrected chi connectivity index (χ0v) is 8.12. The number of nitrogen functional groups attached to an aromatic ring is 1. The van der Waals surface area contributed by atoms with Gasteiger partial charge in [0.05, 0.1) is 5.52 Å². The number of imidazole rings is 1. The third-order valence-electron chi connectivity index (χ3n) is 1.72.